The first kappa shape index (κ1) is 25.3. The Morgan fingerprint density at radius 2 is 0.650 bits per heavy atom. The maximum atomic E-state index is 11.8. The summed E-state index contributed by atoms with van der Waals surface area (Å²) in [6, 6.07) is 16.5. The van der Waals surface area contributed by atoms with Crippen molar-refractivity contribution in [1.29, 1.82) is 0 Å². The van der Waals surface area contributed by atoms with Crippen LogP contribution in [0.25, 0.3) is 0 Å². The van der Waals surface area contributed by atoms with E-state index in [0.717, 1.165) is 12.1 Å². The fraction of sp³-hybridized carbons (Fsp3) is 0. The second-order valence-corrected chi connectivity index (χ2v) is 8.46. The highest BCUT2D eigenvalue weighted by Crippen LogP contribution is 2.42. The molecule has 16 nitrogen and oxygen atoms in total. The van der Waals surface area contributed by atoms with Crippen LogP contribution in [0.2, 0.25) is 0 Å². The minimum Gasteiger partial charge on any atom is -0.350 e. The van der Waals surface area contributed by atoms with Crippen molar-refractivity contribution < 1.29 is 19.7 Å². The molecule has 0 aliphatic carbocycles. The van der Waals surface area contributed by atoms with Crippen molar-refractivity contribution in [2.75, 3.05) is 21.3 Å². The van der Waals surface area contributed by atoms with Gasteiger partial charge in [-0.1, -0.05) is 12.1 Å². The van der Waals surface area contributed by atoms with Crippen molar-refractivity contribution in [3.63, 3.8) is 0 Å². The van der Waals surface area contributed by atoms with Gasteiger partial charge in [0, 0.05) is 22.7 Å². The van der Waals surface area contributed by atoms with E-state index in [4.69, 9.17) is 0 Å². The van der Waals surface area contributed by atoms with Crippen LogP contribution in [0.3, 0.4) is 0 Å². The highest BCUT2D eigenvalue weighted by atomic mass is 16.6. The highest BCUT2D eigenvalue weighted by molar-refractivity contribution is 5.86. The Kier molecular flexibility index (Phi) is 6.24. The van der Waals surface area contributed by atoms with Crippen molar-refractivity contribution in [2.24, 2.45) is 0 Å². The molecule has 1 heterocycles. The zero-order valence-electron chi connectivity index (χ0n) is 20.0. The first-order chi connectivity index (χ1) is 19.1. The molecular formula is C24H16N8O8. The summed E-state index contributed by atoms with van der Waals surface area (Å²) in [5.74, 6) is 0. The maximum Gasteiger partial charge on any atom is 0.299 e. The van der Waals surface area contributed by atoms with Crippen LogP contribution in [0, 0.1) is 40.5 Å². The minimum absolute atomic E-state index is 0.0553. The smallest absolute Gasteiger partial charge is 0.299 e. The van der Waals surface area contributed by atoms with Gasteiger partial charge in [-0.05, 0) is 48.5 Å². The van der Waals surface area contributed by atoms with Crippen LogP contribution in [0.5, 0.6) is 0 Å². The van der Waals surface area contributed by atoms with Crippen LogP contribution >= 0.6 is 0 Å². The average molecular weight is 544 g/mol. The number of anilines is 8. The minimum atomic E-state index is -0.758. The van der Waals surface area contributed by atoms with E-state index >= 15 is 0 Å². The molecule has 0 radical (unpaired) electrons. The summed E-state index contributed by atoms with van der Waals surface area (Å²) >= 11 is 0. The van der Waals surface area contributed by atoms with E-state index in [1.54, 1.807) is 36.4 Å². The molecule has 4 N–H and O–H groups in total. The Bertz CT molecular complexity index is 1510. The van der Waals surface area contributed by atoms with Crippen LogP contribution in [0.15, 0.2) is 72.8 Å². The highest BCUT2D eigenvalue weighted by Gasteiger charge is 2.27. The number of rotatable bonds is 4. The lowest BCUT2D eigenvalue weighted by Gasteiger charge is -2.16. The van der Waals surface area contributed by atoms with Gasteiger partial charge in [-0.25, -0.2) is 0 Å². The van der Waals surface area contributed by atoms with Crippen LogP contribution < -0.4 is 21.3 Å². The lowest BCUT2D eigenvalue weighted by Crippen LogP contribution is -2.05. The van der Waals surface area contributed by atoms with Gasteiger partial charge in [-0.2, -0.15) is 0 Å². The SMILES string of the molecule is O=[N+]([O-])c1cc([N+](=O)[O-])c2cc1Nc1cccc(c1)Nc1cc(c([N+](=O)[O-])cc1[N+](=O)[O-])Nc1cccc(c1)N2. The summed E-state index contributed by atoms with van der Waals surface area (Å²) in [7, 11) is 0. The van der Waals surface area contributed by atoms with Gasteiger partial charge in [0.15, 0.2) is 0 Å². The third-order valence-electron chi connectivity index (χ3n) is 5.86. The van der Waals surface area contributed by atoms with Gasteiger partial charge >= 0.3 is 0 Å². The number of hydrogen-bond acceptors (Lipinski definition) is 12. The third kappa shape index (κ3) is 4.94. The van der Waals surface area contributed by atoms with Gasteiger partial charge in [-0.15, -0.1) is 0 Å². The predicted molar refractivity (Wildman–Crippen MR) is 146 cm³/mol. The van der Waals surface area contributed by atoms with E-state index in [-0.39, 0.29) is 22.7 Å². The molecule has 4 aromatic carbocycles. The van der Waals surface area contributed by atoms with E-state index in [9.17, 15) is 40.5 Å². The molecule has 0 unspecified atom stereocenters. The topological polar surface area (TPSA) is 221 Å². The molecule has 4 aromatic rings. The molecule has 0 saturated heterocycles. The number of nitrogens with one attached hydrogen (secondary N) is 4. The molecule has 1 aliphatic heterocycles. The molecule has 0 amide bonds. The zero-order valence-corrected chi connectivity index (χ0v) is 20.0. The summed E-state index contributed by atoms with van der Waals surface area (Å²) in [6.07, 6.45) is 0. The quantitative estimate of drug-likeness (QED) is 0.139. The molecule has 16 heteroatoms. The van der Waals surface area contributed by atoms with E-state index < -0.39 is 42.4 Å². The molecule has 40 heavy (non-hydrogen) atoms. The summed E-state index contributed by atoms with van der Waals surface area (Å²) in [5, 5.41) is 58.6. The van der Waals surface area contributed by atoms with Crippen LogP contribution in [-0.4, -0.2) is 19.7 Å². The van der Waals surface area contributed by atoms with Crippen molar-refractivity contribution >= 4 is 68.2 Å². The second-order valence-electron chi connectivity index (χ2n) is 8.46. The van der Waals surface area contributed by atoms with E-state index in [2.05, 4.69) is 21.3 Å². The lowest BCUT2D eigenvalue weighted by molar-refractivity contribution is -0.393. The summed E-state index contributed by atoms with van der Waals surface area (Å²) < 4.78 is 0. The fourth-order valence-corrected chi connectivity index (χ4v) is 4.13. The molecule has 8 bridgehead atoms. The second kappa shape index (κ2) is 9.86. The summed E-state index contributed by atoms with van der Waals surface area (Å²) in [6.45, 7) is 0. The lowest BCUT2D eigenvalue weighted by atomic mass is 10.1. The third-order valence-corrected chi connectivity index (χ3v) is 5.86. The monoisotopic (exact) mass is 544 g/mol. The van der Waals surface area contributed by atoms with Crippen molar-refractivity contribution in [3.05, 3.63) is 113 Å². The molecule has 0 saturated carbocycles. The van der Waals surface area contributed by atoms with Crippen LogP contribution in [0.4, 0.5) is 68.2 Å². The van der Waals surface area contributed by atoms with Gasteiger partial charge in [-0.3, -0.25) is 40.5 Å². The number of fused-ring (bicyclic) bond motifs is 8. The average Bonchev–Trinajstić information content (AvgIpc) is 2.88. The summed E-state index contributed by atoms with van der Waals surface area (Å²) in [4.78, 5) is 44.1. The number of nitro groups is 4. The van der Waals surface area contributed by atoms with Gasteiger partial charge in [0.25, 0.3) is 22.7 Å². The Hall–Kier alpha value is -6.32. The van der Waals surface area contributed by atoms with Crippen LogP contribution in [-0.2, 0) is 0 Å². The first-order valence-corrected chi connectivity index (χ1v) is 11.3. The Balaban J connectivity index is 1.75. The molecular weight excluding hydrogens is 528 g/mol. The number of nitrogens with zero attached hydrogens (tertiary/aromatic N) is 4. The number of benzene rings is 4. The van der Waals surface area contributed by atoms with Crippen molar-refractivity contribution in [1.82, 2.24) is 0 Å². The van der Waals surface area contributed by atoms with E-state index in [0.29, 0.717) is 22.7 Å². The fourth-order valence-electron chi connectivity index (χ4n) is 4.13. The molecule has 0 spiro atoms. The number of nitro benzene ring substituents is 4. The molecule has 0 aromatic heterocycles. The van der Waals surface area contributed by atoms with Crippen molar-refractivity contribution in [2.45, 2.75) is 0 Å². The van der Waals surface area contributed by atoms with Gasteiger partial charge < -0.3 is 21.3 Å². The number of hydrogen-bond donors (Lipinski definition) is 4. The Morgan fingerprint density at radius 3 is 0.875 bits per heavy atom. The van der Waals surface area contributed by atoms with Gasteiger partial charge in [0.05, 0.1) is 31.8 Å². The standard InChI is InChI=1S/C24H16N8O8/c33-29(34)21-11-23(31(37)38)19-9-17(21)25-13-3-1-4-14(7-13)26-18-10-20(24(32(39)40)12-22(18)30(35)36)28-16-6-2-5-15(8-16)27-19/h1-12,25-28H. The Labute approximate surface area is 222 Å². The molecule has 1 aliphatic rings. The van der Waals surface area contributed by atoms with E-state index in [1.807, 2.05) is 0 Å². The molecule has 5 rings (SSSR count). The van der Waals surface area contributed by atoms with Gasteiger partial charge in [0.1, 0.15) is 22.7 Å². The van der Waals surface area contributed by atoms with Crippen LogP contribution in [0.1, 0.15) is 0 Å². The first-order valence-electron chi connectivity index (χ1n) is 11.3. The van der Waals surface area contributed by atoms with Crippen molar-refractivity contribution in [3.8, 4) is 0 Å². The molecule has 0 fully saturated rings. The maximum absolute atomic E-state index is 11.8. The predicted octanol–water partition coefficient (Wildman–Crippen LogP) is 6.61. The summed E-state index contributed by atoms with van der Waals surface area (Å²) in [5.41, 5.74) is -1.19. The molecule has 200 valence electrons. The Morgan fingerprint density at radius 1 is 0.400 bits per heavy atom. The normalized spacial score (nSPS) is 11.6. The van der Waals surface area contributed by atoms with Gasteiger partial charge in [0.2, 0.25) is 0 Å². The van der Waals surface area contributed by atoms with E-state index in [1.165, 1.54) is 24.3 Å². The largest absolute Gasteiger partial charge is 0.350 e. The molecule has 0 atom stereocenters. The zero-order chi connectivity index (χ0) is 28.6.